The minimum atomic E-state index is -0.288. The highest BCUT2D eigenvalue weighted by atomic mass is 16.3. The maximum Gasteiger partial charge on any atom is 0.219 e. The number of carbonyl (C=O) groups excluding carboxylic acids is 1. The minimum Gasteiger partial charge on any atom is -0.512 e. The first-order valence-electron chi connectivity index (χ1n) is 4.08. The number of hydrogen-bond acceptors (Lipinski definition) is 2. The first kappa shape index (κ1) is 9.10. The zero-order chi connectivity index (χ0) is 9.35. The molecule has 0 aromatic rings. The van der Waals surface area contributed by atoms with Crippen molar-refractivity contribution in [2.75, 3.05) is 13.1 Å². The average molecular weight is 169 g/mol. The van der Waals surface area contributed by atoms with Crippen LogP contribution in [-0.4, -0.2) is 29.0 Å². The lowest BCUT2D eigenvalue weighted by molar-refractivity contribution is -0.130. The van der Waals surface area contributed by atoms with Crippen molar-refractivity contribution in [2.45, 2.75) is 20.8 Å². The molecule has 0 radical (unpaired) electrons. The van der Waals surface area contributed by atoms with Crippen LogP contribution < -0.4 is 0 Å². The number of nitrogens with zero attached hydrogens (tertiary/aromatic N) is 1. The lowest BCUT2D eigenvalue weighted by Crippen LogP contribution is -2.42. The van der Waals surface area contributed by atoms with Crippen LogP contribution in [0.3, 0.4) is 0 Å². The third-order valence-electron chi connectivity index (χ3n) is 2.23. The summed E-state index contributed by atoms with van der Waals surface area (Å²) in [6.07, 6.45) is 1.70. The molecule has 1 aliphatic rings. The van der Waals surface area contributed by atoms with Gasteiger partial charge in [0.15, 0.2) is 0 Å². The van der Waals surface area contributed by atoms with Crippen LogP contribution in [0.1, 0.15) is 20.8 Å². The second-order valence-electron chi connectivity index (χ2n) is 3.87. The summed E-state index contributed by atoms with van der Waals surface area (Å²) in [7, 11) is 0. The van der Waals surface area contributed by atoms with Crippen molar-refractivity contribution in [1.29, 1.82) is 0 Å². The van der Waals surface area contributed by atoms with Crippen LogP contribution in [0.25, 0.3) is 0 Å². The predicted molar refractivity (Wildman–Crippen MR) is 46.7 cm³/mol. The maximum absolute atomic E-state index is 11.0. The van der Waals surface area contributed by atoms with Gasteiger partial charge < -0.3 is 10.0 Å². The van der Waals surface area contributed by atoms with Gasteiger partial charge in [-0.1, -0.05) is 13.8 Å². The number of aliphatic hydroxyl groups excluding tert-OH is 1. The Kier molecular flexibility index (Phi) is 2.13. The van der Waals surface area contributed by atoms with E-state index in [1.165, 1.54) is 0 Å². The average Bonchev–Trinajstić information content (AvgIpc) is 1.94. The highest BCUT2D eigenvalue weighted by Crippen LogP contribution is 2.28. The number of amides is 1. The third-order valence-corrected chi connectivity index (χ3v) is 2.23. The second kappa shape index (κ2) is 2.81. The molecule has 0 atom stereocenters. The largest absolute Gasteiger partial charge is 0.512 e. The molecule has 1 N–H and O–H groups in total. The Balaban J connectivity index is 2.79. The molecule has 1 amide bonds. The van der Waals surface area contributed by atoms with Gasteiger partial charge in [-0.25, -0.2) is 0 Å². The van der Waals surface area contributed by atoms with E-state index >= 15 is 0 Å². The molecule has 0 saturated heterocycles. The van der Waals surface area contributed by atoms with Crippen LogP contribution in [0.5, 0.6) is 0 Å². The van der Waals surface area contributed by atoms with E-state index in [0.29, 0.717) is 18.8 Å². The molecule has 68 valence electrons. The Hall–Kier alpha value is -0.990. The zero-order valence-corrected chi connectivity index (χ0v) is 7.79. The lowest BCUT2D eigenvalue weighted by Gasteiger charge is -2.35. The summed E-state index contributed by atoms with van der Waals surface area (Å²) < 4.78 is 0. The molecular weight excluding hydrogens is 154 g/mol. The first-order valence-corrected chi connectivity index (χ1v) is 4.08. The fourth-order valence-electron chi connectivity index (χ4n) is 1.34. The molecule has 0 aromatic heterocycles. The van der Waals surface area contributed by atoms with Gasteiger partial charge in [-0.2, -0.15) is 0 Å². The molecule has 12 heavy (non-hydrogen) atoms. The van der Waals surface area contributed by atoms with E-state index in [9.17, 15) is 9.90 Å². The summed E-state index contributed by atoms with van der Waals surface area (Å²) in [5.41, 5.74) is -0.288. The summed E-state index contributed by atoms with van der Waals surface area (Å²) >= 11 is 0. The normalized spacial score (nSPS) is 21.9. The third kappa shape index (κ3) is 1.60. The Morgan fingerprint density at radius 2 is 2.25 bits per heavy atom. The standard InChI is InChI=1S/C9H15NO2/c1-7(11)10-5-4-8(12)9(2,3)6-10/h4,12H,5-6H2,1-3H3. The molecule has 0 fully saturated rings. The first-order chi connectivity index (χ1) is 5.43. The Labute approximate surface area is 72.7 Å². The van der Waals surface area contributed by atoms with Crippen molar-refractivity contribution >= 4 is 5.91 Å². The molecule has 3 nitrogen and oxygen atoms in total. The van der Waals surface area contributed by atoms with Crippen molar-refractivity contribution in [1.82, 2.24) is 4.90 Å². The molecule has 0 unspecified atom stereocenters. The van der Waals surface area contributed by atoms with Crippen molar-refractivity contribution in [3.05, 3.63) is 11.8 Å². The fourth-order valence-corrected chi connectivity index (χ4v) is 1.34. The fraction of sp³-hybridized carbons (Fsp3) is 0.667. The summed E-state index contributed by atoms with van der Waals surface area (Å²) in [6, 6.07) is 0. The van der Waals surface area contributed by atoms with Gasteiger partial charge in [-0.15, -0.1) is 0 Å². The molecule has 1 heterocycles. The maximum atomic E-state index is 11.0. The van der Waals surface area contributed by atoms with Crippen LogP contribution in [0.15, 0.2) is 11.8 Å². The van der Waals surface area contributed by atoms with E-state index in [1.807, 2.05) is 13.8 Å². The molecule has 3 heteroatoms. The molecule has 0 spiro atoms. The smallest absolute Gasteiger partial charge is 0.219 e. The lowest BCUT2D eigenvalue weighted by atomic mass is 9.87. The van der Waals surface area contributed by atoms with Gasteiger partial charge in [0.1, 0.15) is 0 Å². The monoisotopic (exact) mass is 169 g/mol. The van der Waals surface area contributed by atoms with Crippen molar-refractivity contribution in [3.63, 3.8) is 0 Å². The highest BCUT2D eigenvalue weighted by Gasteiger charge is 2.30. The highest BCUT2D eigenvalue weighted by molar-refractivity contribution is 5.73. The van der Waals surface area contributed by atoms with E-state index in [4.69, 9.17) is 0 Å². The summed E-state index contributed by atoms with van der Waals surface area (Å²) in [5, 5.41) is 9.46. The molecule has 1 aliphatic heterocycles. The second-order valence-corrected chi connectivity index (χ2v) is 3.87. The van der Waals surface area contributed by atoms with Crippen LogP contribution in [0.4, 0.5) is 0 Å². The Morgan fingerprint density at radius 1 is 1.67 bits per heavy atom. The van der Waals surface area contributed by atoms with Crippen molar-refractivity contribution < 1.29 is 9.90 Å². The summed E-state index contributed by atoms with van der Waals surface area (Å²) in [5.74, 6) is 0.451. The van der Waals surface area contributed by atoms with Gasteiger partial charge in [0.2, 0.25) is 5.91 Å². The molecular formula is C9H15NO2. The summed E-state index contributed by atoms with van der Waals surface area (Å²) in [4.78, 5) is 12.7. The predicted octanol–water partition coefficient (Wildman–Crippen LogP) is 1.32. The summed E-state index contributed by atoms with van der Waals surface area (Å²) in [6.45, 7) is 6.53. The van der Waals surface area contributed by atoms with E-state index < -0.39 is 0 Å². The van der Waals surface area contributed by atoms with Crippen molar-refractivity contribution in [3.8, 4) is 0 Å². The SMILES string of the molecule is CC(=O)N1CC=C(O)C(C)(C)C1. The van der Waals surface area contributed by atoms with Gasteiger partial charge in [0.05, 0.1) is 5.76 Å². The van der Waals surface area contributed by atoms with Crippen LogP contribution in [-0.2, 0) is 4.79 Å². The Morgan fingerprint density at radius 3 is 2.67 bits per heavy atom. The molecule has 0 bridgehead atoms. The van der Waals surface area contributed by atoms with Crippen LogP contribution >= 0.6 is 0 Å². The van der Waals surface area contributed by atoms with E-state index in [2.05, 4.69) is 0 Å². The Bertz CT molecular complexity index is 231. The minimum absolute atomic E-state index is 0.0619. The van der Waals surface area contributed by atoms with Gasteiger partial charge in [0, 0.05) is 25.4 Å². The van der Waals surface area contributed by atoms with Crippen LogP contribution in [0.2, 0.25) is 0 Å². The van der Waals surface area contributed by atoms with Gasteiger partial charge in [-0.05, 0) is 6.08 Å². The van der Waals surface area contributed by atoms with E-state index in [0.717, 1.165) is 0 Å². The quantitative estimate of drug-likeness (QED) is 0.594. The molecule has 0 aromatic carbocycles. The molecule has 0 aliphatic carbocycles. The van der Waals surface area contributed by atoms with Gasteiger partial charge >= 0.3 is 0 Å². The van der Waals surface area contributed by atoms with Gasteiger partial charge in [-0.3, -0.25) is 4.79 Å². The number of hydrogen-bond donors (Lipinski definition) is 1. The van der Waals surface area contributed by atoms with Crippen LogP contribution in [0, 0.1) is 5.41 Å². The van der Waals surface area contributed by atoms with Gasteiger partial charge in [0.25, 0.3) is 0 Å². The number of rotatable bonds is 0. The van der Waals surface area contributed by atoms with E-state index in [1.54, 1.807) is 17.9 Å². The topological polar surface area (TPSA) is 40.5 Å². The number of aliphatic hydroxyl groups is 1. The van der Waals surface area contributed by atoms with E-state index in [-0.39, 0.29) is 11.3 Å². The molecule has 0 saturated carbocycles. The van der Waals surface area contributed by atoms with Crippen molar-refractivity contribution in [2.24, 2.45) is 5.41 Å². The number of carbonyl (C=O) groups is 1. The zero-order valence-electron chi connectivity index (χ0n) is 7.79. The molecule has 1 rings (SSSR count).